The highest BCUT2D eigenvalue weighted by Crippen LogP contribution is 2.25. The number of hydrogen-bond donors (Lipinski definition) is 1. The second-order valence-electron chi connectivity index (χ2n) is 3.66. The van der Waals surface area contributed by atoms with E-state index in [4.69, 9.17) is 15.2 Å². The summed E-state index contributed by atoms with van der Waals surface area (Å²) in [5.74, 6) is 1.97. The van der Waals surface area contributed by atoms with Gasteiger partial charge < -0.3 is 15.2 Å². The van der Waals surface area contributed by atoms with E-state index in [0.29, 0.717) is 11.6 Å². The second kappa shape index (κ2) is 4.74. The third-order valence-corrected chi connectivity index (χ3v) is 2.36. The van der Waals surface area contributed by atoms with Gasteiger partial charge in [-0.2, -0.15) is 0 Å². The lowest BCUT2D eigenvalue weighted by molar-refractivity contribution is 0.407. The van der Waals surface area contributed by atoms with E-state index in [1.54, 1.807) is 31.5 Å². The number of hydrogen-bond acceptors (Lipinski definition) is 4. The second-order valence-corrected chi connectivity index (χ2v) is 3.66. The molecule has 0 amide bonds. The van der Waals surface area contributed by atoms with E-state index in [1.165, 1.54) is 0 Å². The summed E-state index contributed by atoms with van der Waals surface area (Å²) in [4.78, 5) is 4.13. The number of anilines is 1. The van der Waals surface area contributed by atoms with Crippen molar-refractivity contribution in [2.24, 2.45) is 0 Å². The van der Waals surface area contributed by atoms with Gasteiger partial charge in [0.1, 0.15) is 11.5 Å². The van der Waals surface area contributed by atoms with E-state index >= 15 is 0 Å². The van der Waals surface area contributed by atoms with Gasteiger partial charge in [0.25, 0.3) is 0 Å². The first kappa shape index (κ1) is 11.3. The molecule has 0 atom stereocenters. The van der Waals surface area contributed by atoms with Gasteiger partial charge in [-0.05, 0) is 36.8 Å². The van der Waals surface area contributed by atoms with Gasteiger partial charge in [-0.25, -0.2) is 4.98 Å². The molecule has 0 saturated heterocycles. The maximum absolute atomic E-state index is 5.67. The van der Waals surface area contributed by atoms with Crippen LogP contribution in [-0.4, -0.2) is 12.1 Å². The summed E-state index contributed by atoms with van der Waals surface area (Å²) in [5, 5.41) is 0. The molecule has 0 bridgehead atoms. The van der Waals surface area contributed by atoms with Crippen LogP contribution in [0, 0.1) is 6.92 Å². The Morgan fingerprint density at radius 2 is 2.00 bits per heavy atom. The van der Waals surface area contributed by atoms with Crippen molar-refractivity contribution in [1.82, 2.24) is 4.98 Å². The molecule has 17 heavy (non-hydrogen) atoms. The van der Waals surface area contributed by atoms with E-state index in [9.17, 15) is 0 Å². The molecule has 1 aromatic heterocycles. The zero-order chi connectivity index (χ0) is 12.3. The van der Waals surface area contributed by atoms with Crippen LogP contribution in [0.4, 0.5) is 5.69 Å². The molecular formula is C13H14N2O2. The molecule has 4 nitrogen and oxygen atoms in total. The van der Waals surface area contributed by atoms with E-state index in [-0.39, 0.29) is 0 Å². The average Bonchev–Trinajstić information content (AvgIpc) is 2.34. The van der Waals surface area contributed by atoms with Crippen LogP contribution >= 0.6 is 0 Å². The predicted molar refractivity (Wildman–Crippen MR) is 66.5 cm³/mol. The number of methoxy groups -OCH3 is 1. The maximum Gasteiger partial charge on any atom is 0.219 e. The number of rotatable bonds is 3. The molecule has 88 valence electrons. The molecule has 0 radical (unpaired) electrons. The third-order valence-electron chi connectivity index (χ3n) is 2.36. The van der Waals surface area contributed by atoms with Crippen LogP contribution in [0.2, 0.25) is 0 Å². The fraction of sp³-hybridized carbons (Fsp3) is 0.154. The van der Waals surface area contributed by atoms with Crippen LogP contribution in [0.1, 0.15) is 5.56 Å². The van der Waals surface area contributed by atoms with Gasteiger partial charge in [-0.1, -0.05) is 0 Å². The highest BCUT2D eigenvalue weighted by Gasteiger charge is 2.03. The van der Waals surface area contributed by atoms with Crippen LogP contribution in [0.3, 0.4) is 0 Å². The lowest BCUT2D eigenvalue weighted by Gasteiger charge is -2.08. The Bertz CT molecular complexity index is 509. The third kappa shape index (κ3) is 2.66. The normalized spacial score (nSPS) is 10.0. The van der Waals surface area contributed by atoms with Crippen molar-refractivity contribution in [1.29, 1.82) is 0 Å². The highest BCUT2D eigenvalue weighted by atomic mass is 16.5. The Morgan fingerprint density at radius 3 is 2.59 bits per heavy atom. The van der Waals surface area contributed by atoms with Crippen molar-refractivity contribution >= 4 is 5.69 Å². The monoisotopic (exact) mass is 230 g/mol. The number of nitrogens with zero attached hydrogens (tertiary/aromatic N) is 1. The number of nitrogen functional groups attached to an aromatic ring is 1. The molecule has 0 spiro atoms. The first-order valence-corrected chi connectivity index (χ1v) is 5.23. The van der Waals surface area contributed by atoms with Gasteiger partial charge in [0, 0.05) is 11.8 Å². The van der Waals surface area contributed by atoms with Gasteiger partial charge >= 0.3 is 0 Å². The predicted octanol–water partition coefficient (Wildman–Crippen LogP) is 2.77. The number of nitrogens with two attached hydrogens (primary N) is 1. The smallest absolute Gasteiger partial charge is 0.219 e. The molecule has 0 aliphatic rings. The lowest BCUT2D eigenvalue weighted by Crippen LogP contribution is -1.92. The van der Waals surface area contributed by atoms with E-state index in [0.717, 1.165) is 17.0 Å². The number of aryl methyl sites for hydroxylation is 1. The van der Waals surface area contributed by atoms with Crippen LogP contribution in [0.5, 0.6) is 17.4 Å². The molecule has 4 heteroatoms. The molecule has 0 aliphatic heterocycles. The summed E-state index contributed by atoms with van der Waals surface area (Å²) in [6.45, 7) is 1.94. The minimum Gasteiger partial charge on any atom is -0.495 e. The Hall–Kier alpha value is -2.23. The van der Waals surface area contributed by atoms with Crippen LogP contribution < -0.4 is 15.2 Å². The SMILES string of the molecule is COc1ccc(Oc2ccc(N)cc2C)nc1. The first-order valence-electron chi connectivity index (χ1n) is 5.23. The number of benzene rings is 1. The van der Waals surface area contributed by atoms with Gasteiger partial charge in [0.2, 0.25) is 5.88 Å². The molecule has 2 aromatic rings. The summed E-state index contributed by atoms with van der Waals surface area (Å²) in [5.41, 5.74) is 7.37. The summed E-state index contributed by atoms with van der Waals surface area (Å²) in [6.07, 6.45) is 1.61. The van der Waals surface area contributed by atoms with Gasteiger partial charge in [0.05, 0.1) is 13.3 Å². The molecule has 0 aliphatic carbocycles. The van der Waals surface area contributed by atoms with Crippen molar-refractivity contribution in [3.05, 3.63) is 42.1 Å². The Kier molecular flexibility index (Phi) is 3.14. The zero-order valence-corrected chi connectivity index (χ0v) is 9.81. The fourth-order valence-electron chi connectivity index (χ4n) is 1.45. The van der Waals surface area contributed by atoms with E-state index in [1.807, 2.05) is 19.1 Å². The van der Waals surface area contributed by atoms with Crippen molar-refractivity contribution in [3.63, 3.8) is 0 Å². The molecule has 1 heterocycles. The summed E-state index contributed by atoms with van der Waals surface area (Å²) >= 11 is 0. The summed E-state index contributed by atoms with van der Waals surface area (Å²) in [6, 6.07) is 9.05. The van der Waals surface area contributed by atoms with Crippen LogP contribution in [0.25, 0.3) is 0 Å². The molecule has 0 unspecified atom stereocenters. The van der Waals surface area contributed by atoms with Crippen LogP contribution in [0.15, 0.2) is 36.5 Å². The van der Waals surface area contributed by atoms with E-state index < -0.39 is 0 Å². The van der Waals surface area contributed by atoms with Crippen molar-refractivity contribution in [3.8, 4) is 17.4 Å². The topological polar surface area (TPSA) is 57.4 Å². The van der Waals surface area contributed by atoms with Gasteiger partial charge in [0.15, 0.2) is 0 Å². The van der Waals surface area contributed by atoms with Gasteiger partial charge in [-0.15, -0.1) is 0 Å². The number of ether oxygens (including phenoxy) is 2. The minimum atomic E-state index is 0.527. The molecular weight excluding hydrogens is 216 g/mol. The zero-order valence-electron chi connectivity index (χ0n) is 9.81. The van der Waals surface area contributed by atoms with Crippen molar-refractivity contribution in [2.75, 3.05) is 12.8 Å². The Labute approximate surface area is 100 Å². The standard InChI is InChI=1S/C13H14N2O2/c1-9-7-10(14)3-5-12(9)17-13-6-4-11(16-2)8-15-13/h3-8H,14H2,1-2H3. The molecule has 1 aromatic carbocycles. The Morgan fingerprint density at radius 1 is 1.18 bits per heavy atom. The fourth-order valence-corrected chi connectivity index (χ4v) is 1.45. The quantitative estimate of drug-likeness (QED) is 0.824. The largest absolute Gasteiger partial charge is 0.495 e. The average molecular weight is 230 g/mol. The highest BCUT2D eigenvalue weighted by molar-refractivity contribution is 5.48. The molecule has 0 saturated carbocycles. The maximum atomic E-state index is 5.67. The van der Waals surface area contributed by atoms with E-state index in [2.05, 4.69) is 4.98 Å². The summed E-state index contributed by atoms with van der Waals surface area (Å²) < 4.78 is 10.7. The van der Waals surface area contributed by atoms with Crippen molar-refractivity contribution < 1.29 is 9.47 Å². The first-order chi connectivity index (χ1) is 8.19. The lowest BCUT2D eigenvalue weighted by atomic mass is 10.2. The van der Waals surface area contributed by atoms with Crippen LogP contribution in [-0.2, 0) is 0 Å². The number of aromatic nitrogens is 1. The minimum absolute atomic E-state index is 0.527. The molecule has 2 rings (SSSR count). The Balaban J connectivity index is 2.19. The number of pyridine rings is 1. The van der Waals surface area contributed by atoms with Gasteiger partial charge in [-0.3, -0.25) is 0 Å². The summed E-state index contributed by atoms with van der Waals surface area (Å²) in [7, 11) is 1.60. The molecule has 0 fully saturated rings. The van der Waals surface area contributed by atoms with Crippen molar-refractivity contribution in [2.45, 2.75) is 6.92 Å². The molecule has 2 N–H and O–H groups in total.